The molecule has 0 saturated carbocycles. The van der Waals surface area contributed by atoms with Crippen molar-refractivity contribution in [2.45, 2.75) is 25.7 Å². The molecule has 3 aromatic carbocycles. The van der Waals surface area contributed by atoms with Crippen LogP contribution in [0.2, 0.25) is 0 Å². The molecule has 0 spiro atoms. The van der Waals surface area contributed by atoms with Crippen LogP contribution in [0.15, 0.2) is 42.5 Å². The molecule has 0 saturated heterocycles. The Morgan fingerprint density at radius 2 is 1.44 bits per heavy atom. The molecule has 1 atom stereocenters. The Balaban J connectivity index is 1.98. The molecule has 0 amide bonds. The summed E-state index contributed by atoms with van der Waals surface area (Å²) in [5, 5.41) is 40.0. The number of hydrogen-bond donors (Lipinski definition) is 5. The van der Waals surface area contributed by atoms with Crippen molar-refractivity contribution in [3.05, 3.63) is 53.6 Å². The van der Waals surface area contributed by atoms with Gasteiger partial charge in [-0.25, -0.2) is 0 Å². The van der Waals surface area contributed by atoms with E-state index >= 15 is 0 Å². The van der Waals surface area contributed by atoms with Crippen LogP contribution in [0.25, 0.3) is 22.3 Å². The third-order valence-electron chi connectivity index (χ3n) is 5.77. The summed E-state index contributed by atoms with van der Waals surface area (Å²) in [5.74, 6) is -2.08. The number of anilines is 1. The Labute approximate surface area is 157 Å². The van der Waals surface area contributed by atoms with Crippen LogP contribution in [0.4, 0.5) is 5.69 Å². The average molecular weight is 363 g/mol. The highest BCUT2D eigenvalue weighted by atomic mass is 16.3. The van der Waals surface area contributed by atoms with Crippen molar-refractivity contribution in [1.29, 1.82) is 0 Å². The summed E-state index contributed by atoms with van der Waals surface area (Å²) >= 11 is 0. The van der Waals surface area contributed by atoms with Gasteiger partial charge in [0.25, 0.3) is 0 Å². The number of fused-ring (bicyclic) bond motifs is 3. The molecule has 0 bridgehead atoms. The van der Waals surface area contributed by atoms with Gasteiger partial charge in [0.1, 0.15) is 5.75 Å². The zero-order valence-corrected chi connectivity index (χ0v) is 15.1. The molecule has 1 aliphatic carbocycles. The van der Waals surface area contributed by atoms with Crippen LogP contribution in [0, 0.1) is 0 Å². The molecule has 5 heteroatoms. The first kappa shape index (κ1) is 17.1. The number of aromatic hydroxyl groups is 4. The predicted octanol–water partition coefficient (Wildman–Crippen LogP) is 4.45. The monoisotopic (exact) mass is 363 g/mol. The van der Waals surface area contributed by atoms with Crippen molar-refractivity contribution in [2.75, 3.05) is 5.73 Å². The maximum Gasteiger partial charge on any atom is 0.201 e. The number of phenolic OH excluding ortho intramolecular Hbond substituents is 4. The molecule has 3 aromatic rings. The topological polar surface area (TPSA) is 107 Å². The quantitative estimate of drug-likeness (QED) is 0.263. The van der Waals surface area contributed by atoms with Crippen LogP contribution in [0.1, 0.15) is 31.4 Å². The normalized spacial score (nSPS) is 17.6. The molecule has 0 aromatic heterocycles. The van der Waals surface area contributed by atoms with Crippen LogP contribution in [0.5, 0.6) is 23.0 Å². The first-order valence-electron chi connectivity index (χ1n) is 8.80. The van der Waals surface area contributed by atoms with E-state index in [1.165, 1.54) is 0 Å². The number of benzene rings is 3. The van der Waals surface area contributed by atoms with Gasteiger partial charge in [0.05, 0.1) is 5.56 Å². The van der Waals surface area contributed by atoms with E-state index in [9.17, 15) is 20.4 Å². The number of hydrogen-bond acceptors (Lipinski definition) is 5. The van der Waals surface area contributed by atoms with Gasteiger partial charge >= 0.3 is 0 Å². The Bertz CT molecular complexity index is 1090. The van der Waals surface area contributed by atoms with Gasteiger partial charge < -0.3 is 26.2 Å². The number of phenols is 4. The van der Waals surface area contributed by atoms with E-state index in [2.05, 4.69) is 13.8 Å². The highest BCUT2D eigenvalue weighted by Gasteiger charge is 2.38. The summed E-state index contributed by atoms with van der Waals surface area (Å²) in [7, 11) is 0. The van der Waals surface area contributed by atoms with Crippen molar-refractivity contribution >= 4 is 5.69 Å². The molecule has 1 unspecified atom stereocenters. The second-order valence-corrected chi connectivity index (χ2v) is 7.24. The van der Waals surface area contributed by atoms with E-state index in [1.54, 1.807) is 6.07 Å². The van der Waals surface area contributed by atoms with E-state index < -0.39 is 17.2 Å². The fourth-order valence-corrected chi connectivity index (χ4v) is 4.09. The molecule has 0 fully saturated rings. The maximum atomic E-state index is 10.3. The summed E-state index contributed by atoms with van der Waals surface area (Å²) < 4.78 is 0. The third-order valence-corrected chi connectivity index (χ3v) is 5.77. The standard InChI is InChI=1S/C22H21NO4/c1-3-22(2)15-8-11(19-17(24)10-18(25)20(26)21(19)27)4-6-13(15)14-7-5-12(23)9-16(14)22/h4-10,24-27H,3,23H2,1-2H3. The second kappa shape index (κ2) is 5.58. The summed E-state index contributed by atoms with van der Waals surface area (Å²) in [6.45, 7) is 4.25. The highest BCUT2D eigenvalue weighted by molar-refractivity contribution is 5.88. The molecular formula is C22H21NO4. The smallest absolute Gasteiger partial charge is 0.201 e. The van der Waals surface area contributed by atoms with Gasteiger partial charge in [0.15, 0.2) is 11.5 Å². The average Bonchev–Trinajstić information content (AvgIpc) is 2.89. The molecule has 0 heterocycles. The maximum absolute atomic E-state index is 10.3. The molecule has 27 heavy (non-hydrogen) atoms. The Kier molecular flexibility index (Phi) is 3.53. The number of rotatable bonds is 2. The third kappa shape index (κ3) is 2.24. The molecular weight excluding hydrogens is 342 g/mol. The number of nitrogen functional groups attached to an aromatic ring is 1. The van der Waals surface area contributed by atoms with Crippen molar-refractivity contribution in [3.63, 3.8) is 0 Å². The summed E-state index contributed by atoms with van der Waals surface area (Å²) in [6, 6.07) is 12.6. The van der Waals surface area contributed by atoms with E-state index in [-0.39, 0.29) is 16.7 Å². The highest BCUT2D eigenvalue weighted by Crippen LogP contribution is 2.54. The fraction of sp³-hybridized carbons (Fsp3) is 0.182. The van der Waals surface area contributed by atoms with Gasteiger partial charge in [0.2, 0.25) is 5.75 Å². The Morgan fingerprint density at radius 1 is 0.815 bits per heavy atom. The lowest BCUT2D eigenvalue weighted by Gasteiger charge is -2.26. The van der Waals surface area contributed by atoms with Crippen LogP contribution in [0.3, 0.4) is 0 Å². The summed E-state index contributed by atoms with van der Waals surface area (Å²) in [4.78, 5) is 0. The van der Waals surface area contributed by atoms with E-state index in [1.807, 2.05) is 30.3 Å². The molecule has 6 N–H and O–H groups in total. The van der Waals surface area contributed by atoms with E-state index in [0.717, 1.165) is 34.7 Å². The van der Waals surface area contributed by atoms with Crippen molar-refractivity contribution < 1.29 is 20.4 Å². The van der Waals surface area contributed by atoms with Crippen LogP contribution < -0.4 is 5.73 Å². The fourth-order valence-electron chi connectivity index (χ4n) is 4.09. The molecule has 4 rings (SSSR count). The molecule has 138 valence electrons. The Hall–Kier alpha value is -3.34. The summed E-state index contributed by atoms with van der Waals surface area (Å²) in [5.41, 5.74) is 11.5. The van der Waals surface area contributed by atoms with Gasteiger partial charge in [-0.1, -0.05) is 32.0 Å². The lowest BCUT2D eigenvalue weighted by Crippen LogP contribution is -2.19. The molecule has 0 aliphatic heterocycles. The lowest BCUT2D eigenvalue weighted by molar-refractivity contribution is 0.362. The Morgan fingerprint density at radius 3 is 2.11 bits per heavy atom. The van der Waals surface area contributed by atoms with Gasteiger partial charge in [-0.05, 0) is 52.4 Å². The van der Waals surface area contributed by atoms with E-state index in [4.69, 9.17) is 5.73 Å². The minimum absolute atomic E-state index is 0.0852. The lowest BCUT2D eigenvalue weighted by atomic mass is 9.77. The van der Waals surface area contributed by atoms with Gasteiger partial charge in [-0.2, -0.15) is 0 Å². The van der Waals surface area contributed by atoms with Crippen molar-refractivity contribution in [3.8, 4) is 45.3 Å². The first-order chi connectivity index (χ1) is 12.8. The SMILES string of the molecule is CCC1(C)c2cc(N)ccc2-c2ccc(-c3c(O)cc(O)c(O)c3O)cc21. The molecule has 1 aliphatic rings. The first-order valence-corrected chi connectivity index (χ1v) is 8.80. The zero-order valence-electron chi connectivity index (χ0n) is 15.1. The van der Waals surface area contributed by atoms with E-state index in [0.29, 0.717) is 11.3 Å². The van der Waals surface area contributed by atoms with Crippen molar-refractivity contribution in [1.82, 2.24) is 0 Å². The van der Waals surface area contributed by atoms with Gasteiger partial charge in [-0.3, -0.25) is 0 Å². The largest absolute Gasteiger partial charge is 0.507 e. The molecule has 0 radical (unpaired) electrons. The minimum atomic E-state index is -0.655. The second-order valence-electron chi connectivity index (χ2n) is 7.24. The van der Waals surface area contributed by atoms with Gasteiger partial charge in [0, 0.05) is 17.2 Å². The minimum Gasteiger partial charge on any atom is -0.507 e. The number of nitrogens with two attached hydrogens (primary N) is 1. The molecule has 5 nitrogen and oxygen atoms in total. The zero-order chi connectivity index (χ0) is 19.5. The van der Waals surface area contributed by atoms with Crippen LogP contribution in [-0.4, -0.2) is 20.4 Å². The predicted molar refractivity (Wildman–Crippen MR) is 105 cm³/mol. The summed E-state index contributed by atoms with van der Waals surface area (Å²) in [6.07, 6.45) is 0.846. The van der Waals surface area contributed by atoms with Crippen molar-refractivity contribution in [2.24, 2.45) is 0 Å². The van der Waals surface area contributed by atoms with Crippen LogP contribution in [-0.2, 0) is 5.41 Å². The van der Waals surface area contributed by atoms with Crippen LogP contribution >= 0.6 is 0 Å². The van der Waals surface area contributed by atoms with Gasteiger partial charge in [-0.15, -0.1) is 0 Å².